The fraction of sp³-hybridized carbons (Fsp3) is 0.385. The molecule has 1 aliphatic rings. The molecular formula is C13H15N3O4S. The second-order valence-corrected chi connectivity index (χ2v) is 5.25. The molecule has 112 valence electrons. The molecule has 0 radical (unpaired) electrons. The molecule has 2 rings (SSSR count). The molecule has 1 aromatic heterocycles. The maximum atomic E-state index is 12.4. The van der Waals surface area contributed by atoms with Crippen molar-refractivity contribution in [3.8, 4) is 0 Å². The van der Waals surface area contributed by atoms with E-state index in [0.717, 1.165) is 0 Å². The quantitative estimate of drug-likeness (QED) is 0.608. The van der Waals surface area contributed by atoms with E-state index in [4.69, 9.17) is 10.1 Å². The zero-order valence-electron chi connectivity index (χ0n) is 11.7. The maximum Gasteiger partial charge on any atom is 0.356 e. The zero-order chi connectivity index (χ0) is 15.4. The van der Waals surface area contributed by atoms with E-state index < -0.39 is 5.97 Å². The third kappa shape index (κ3) is 3.06. The van der Waals surface area contributed by atoms with Crippen LogP contribution in [0.3, 0.4) is 0 Å². The van der Waals surface area contributed by atoms with E-state index in [2.05, 4.69) is 14.9 Å². The first-order valence-electron chi connectivity index (χ1n) is 6.32. The number of hydrogen-bond acceptors (Lipinski definition) is 7. The third-order valence-electron chi connectivity index (χ3n) is 2.83. The van der Waals surface area contributed by atoms with Gasteiger partial charge in [0, 0.05) is 12.4 Å². The SMILES string of the molecule is CCOCCSC1=CC(=N)c2n[nH]c(C(=O)OC)c2C1=O. The molecule has 0 amide bonds. The normalized spacial score (nSPS) is 13.9. The summed E-state index contributed by atoms with van der Waals surface area (Å²) in [4.78, 5) is 24.5. The van der Waals surface area contributed by atoms with Gasteiger partial charge < -0.3 is 9.47 Å². The average molecular weight is 309 g/mol. The molecule has 0 saturated heterocycles. The molecular weight excluding hydrogens is 294 g/mol. The van der Waals surface area contributed by atoms with Gasteiger partial charge in [0.1, 0.15) is 5.69 Å². The lowest BCUT2D eigenvalue weighted by Gasteiger charge is -2.12. The van der Waals surface area contributed by atoms with Crippen LogP contribution < -0.4 is 0 Å². The summed E-state index contributed by atoms with van der Waals surface area (Å²) < 4.78 is 9.83. The lowest BCUT2D eigenvalue weighted by molar-refractivity contribution is 0.0591. The number of aromatic amines is 1. The van der Waals surface area contributed by atoms with Crippen molar-refractivity contribution in [2.24, 2.45) is 0 Å². The number of ether oxygens (including phenoxy) is 2. The number of aromatic nitrogens is 2. The summed E-state index contributed by atoms with van der Waals surface area (Å²) in [6.07, 6.45) is 1.46. The summed E-state index contributed by atoms with van der Waals surface area (Å²) in [5, 5.41) is 14.2. The van der Waals surface area contributed by atoms with Gasteiger partial charge in [-0.25, -0.2) is 4.79 Å². The Hall–Kier alpha value is -1.93. The van der Waals surface area contributed by atoms with Gasteiger partial charge in [-0.15, -0.1) is 11.8 Å². The Balaban J connectivity index is 2.23. The van der Waals surface area contributed by atoms with Crippen LogP contribution in [0.2, 0.25) is 0 Å². The van der Waals surface area contributed by atoms with Gasteiger partial charge in [-0.2, -0.15) is 5.10 Å². The van der Waals surface area contributed by atoms with Crippen LogP contribution in [0.15, 0.2) is 11.0 Å². The van der Waals surface area contributed by atoms with Gasteiger partial charge in [-0.3, -0.25) is 15.3 Å². The maximum absolute atomic E-state index is 12.4. The highest BCUT2D eigenvalue weighted by Gasteiger charge is 2.32. The van der Waals surface area contributed by atoms with Crippen LogP contribution in [0.4, 0.5) is 0 Å². The first-order valence-corrected chi connectivity index (χ1v) is 7.31. The molecule has 0 unspecified atom stereocenters. The van der Waals surface area contributed by atoms with Crippen molar-refractivity contribution in [1.82, 2.24) is 10.2 Å². The molecule has 0 saturated carbocycles. The third-order valence-corrected chi connectivity index (χ3v) is 3.81. The van der Waals surface area contributed by atoms with Crippen LogP contribution in [-0.2, 0) is 9.47 Å². The molecule has 0 aliphatic heterocycles. The molecule has 21 heavy (non-hydrogen) atoms. The van der Waals surface area contributed by atoms with Crippen molar-refractivity contribution >= 4 is 29.2 Å². The minimum atomic E-state index is -0.675. The van der Waals surface area contributed by atoms with Crippen molar-refractivity contribution in [3.05, 3.63) is 27.9 Å². The Bertz CT molecular complexity index is 621. The Labute approximate surface area is 125 Å². The molecule has 0 spiro atoms. The summed E-state index contributed by atoms with van der Waals surface area (Å²) in [5.41, 5.74) is 0.357. The van der Waals surface area contributed by atoms with Crippen LogP contribution in [-0.4, -0.2) is 53.7 Å². The molecule has 1 heterocycles. The predicted octanol–water partition coefficient (Wildman–Crippen LogP) is 1.41. The summed E-state index contributed by atoms with van der Waals surface area (Å²) in [6, 6.07) is 0. The molecule has 7 nitrogen and oxygen atoms in total. The highest BCUT2D eigenvalue weighted by atomic mass is 32.2. The van der Waals surface area contributed by atoms with Gasteiger partial charge in [0.05, 0.1) is 29.9 Å². The number of nitrogens with one attached hydrogen (secondary N) is 2. The number of thioether (sulfide) groups is 1. The minimum Gasteiger partial charge on any atom is -0.464 e. The van der Waals surface area contributed by atoms with Gasteiger partial charge in [-0.1, -0.05) is 0 Å². The number of carbonyl (C=O) groups is 2. The van der Waals surface area contributed by atoms with E-state index in [9.17, 15) is 9.59 Å². The monoisotopic (exact) mass is 309 g/mol. The summed E-state index contributed by atoms with van der Waals surface area (Å²) >= 11 is 1.30. The van der Waals surface area contributed by atoms with E-state index >= 15 is 0 Å². The number of methoxy groups -OCH3 is 1. The van der Waals surface area contributed by atoms with Crippen molar-refractivity contribution < 1.29 is 19.1 Å². The Morgan fingerprint density at radius 3 is 2.95 bits per heavy atom. The highest BCUT2D eigenvalue weighted by molar-refractivity contribution is 8.04. The van der Waals surface area contributed by atoms with Gasteiger partial charge in [0.2, 0.25) is 5.78 Å². The second-order valence-electron chi connectivity index (χ2n) is 4.11. The van der Waals surface area contributed by atoms with Crippen LogP contribution in [0.5, 0.6) is 0 Å². The van der Waals surface area contributed by atoms with E-state index in [0.29, 0.717) is 23.9 Å². The molecule has 0 bridgehead atoms. The Morgan fingerprint density at radius 2 is 2.29 bits per heavy atom. The zero-order valence-corrected chi connectivity index (χ0v) is 12.5. The minimum absolute atomic E-state index is 0.0155. The first kappa shape index (κ1) is 15.5. The lowest BCUT2D eigenvalue weighted by Crippen LogP contribution is -2.18. The summed E-state index contributed by atoms with van der Waals surface area (Å²) in [6.45, 7) is 3.02. The highest BCUT2D eigenvalue weighted by Crippen LogP contribution is 2.29. The summed E-state index contributed by atoms with van der Waals surface area (Å²) in [5.74, 6) is -0.401. The standard InChI is InChI=1S/C13H15N3O4S/c1-3-20-4-5-21-8-6-7(14)10-9(12(8)17)11(16-15-10)13(18)19-2/h6,14H,3-5H2,1-2H3,(H,15,16). The van der Waals surface area contributed by atoms with E-state index in [-0.39, 0.29) is 28.4 Å². The van der Waals surface area contributed by atoms with Crippen LogP contribution in [0.25, 0.3) is 0 Å². The number of ketones is 1. The smallest absolute Gasteiger partial charge is 0.356 e. The number of Topliss-reactive ketones (excluding diaryl/α,β-unsaturated/α-hetero) is 1. The molecule has 0 atom stereocenters. The van der Waals surface area contributed by atoms with Crippen molar-refractivity contribution in [2.45, 2.75) is 6.92 Å². The molecule has 8 heteroatoms. The Kier molecular flexibility index (Phi) is 4.92. The van der Waals surface area contributed by atoms with E-state index in [1.54, 1.807) is 0 Å². The van der Waals surface area contributed by atoms with Gasteiger partial charge >= 0.3 is 5.97 Å². The van der Waals surface area contributed by atoms with Crippen molar-refractivity contribution in [2.75, 3.05) is 26.1 Å². The number of rotatable bonds is 6. The van der Waals surface area contributed by atoms with E-state index in [1.807, 2.05) is 6.92 Å². The van der Waals surface area contributed by atoms with Crippen LogP contribution in [0.1, 0.15) is 33.5 Å². The molecule has 0 aromatic carbocycles. The fourth-order valence-corrected chi connectivity index (χ4v) is 2.71. The Morgan fingerprint density at radius 1 is 1.52 bits per heavy atom. The van der Waals surface area contributed by atoms with Crippen molar-refractivity contribution in [3.63, 3.8) is 0 Å². The first-order chi connectivity index (χ1) is 10.1. The second kappa shape index (κ2) is 6.68. The number of nitrogens with zero attached hydrogens (tertiary/aromatic N) is 1. The molecule has 2 N–H and O–H groups in total. The van der Waals surface area contributed by atoms with Crippen LogP contribution >= 0.6 is 11.8 Å². The van der Waals surface area contributed by atoms with Gasteiger partial charge in [-0.05, 0) is 13.0 Å². The molecule has 1 aliphatic carbocycles. The van der Waals surface area contributed by atoms with Crippen LogP contribution in [0, 0.1) is 5.41 Å². The number of H-pyrrole nitrogens is 1. The number of allylic oxidation sites excluding steroid dienone is 2. The number of fused-ring (bicyclic) bond motifs is 1. The van der Waals surface area contributed by atoms with Crippen molar-refractivity contribution in [1.29, 1.82) is 5.41 Å². The predicted molar refractivity (Wildman–Crippen MR) is 78.1 cm³/mol. The molecule has 0 fully saturated rings. The number of carbonyl (C=O) groups excluding carboxylic acids is 2. The topological polar surface area (TPSA) is 105 Å². The fourth-order valence-electron chi connectivity index (χ4n) is 1.86. The van der Waals surface area contributed by atoms with Gasteiger partial charge in [0.15, 0.2) is 5.69 Å². The lowest BCUT2D eigenvalue weighted by atomic mass is 9.99. The summed E-state index contributed by atoms with van der Waals surface area (Å²) in [7, 11) is 1.22. The average Bonchev–Trinajstić information content (AvgIpc) is 2.93. The largest absolute Gasteiger partial charge is 0.464 e. The van der Waals surface area contributed by atoms with E-state index in [1.165, 1.54) is 24.9 Å². The van der Waals surface area contributed by atoms with Gasteiger partial charge in [0.25, 0.3) is 0 Å². The molecule has 1 aromatic rings. The number of hydrogen-bond donors (Lipinski definition) is 2. The number of esters is 1.